The highest BCUT2D eigenvalue weighted by Crippen LogP contribution is 2.30. The highest BCUT2D eigenvalue weighted by molar-refractivity contribution is 5.91. The second-order valence-corrected chi connectivity index (χ2v) is 12.7. The third kappa shape index (κ3) is 9.17. The van der Waals surface area contributed by atoms with E-state index < -0.39 is 5.60 Å². The zero-order valence-electron chi connectivity index (χ0n) is 26.6. The molecule has 4 aromatic rings. The first kappa shape index (κ1) is 31.7. The van der Waals surface area contributed by atoms with Crippen molar-refractivity contribution in [2.24, 2.45) is 0 Å². The van der Waals surface area contributed by atoms with E-state index in [0.717, 1.165) is 62.4 Å². The summed E-state index contributed by atoms with van der Waals surface area (Å²) in [6.07, 6.45) is 9.09. The maximum atomic E-state index is 12.9. The Balaban J connectivity index is 0.928. The zero-order chi connectivity index (χ0) is 30.6. The van der Waals surface area contributed by atoms with Crippen LogP contribution in [0.1, 0.15) is 63.9 Å². The van der Waals surface area contributed by atoms with Crippen LogP contribution in [0.4, 0.5) is 10.5 Å². The van der Waals surface area contributed by atoms with Gasteiger partial charge in [0, 0.05) is 25.2 Å². The average Bonchev–Trinajstić information content (AvgIpc) is 3.04. The van der Waals surface area contributed by atoms with Gasteiger partial charge in [0.15, 0.2) is 0 Å². The second-order valence-electron chi connectivity index (χ2n) is 12.7. The molecule has 0 aromatic heterocycles. The fourth-order valence-corrected chi connectivity index (χ4v) is 6.40. The molecule has 1 amide bonds. The summed E-state index contributed by atoms with van der Waals surface area (Å²) in [6, 6.07) is 33.3. The number of nitrogens with one attached hydrogen (secondary N) is 1. The zero-order valence-corrected chi connectivity index (χ0v) is 26.6. The fraction of sp³-hybridized carbons (Fsp3) is 0.410. The number of amides is 1. The largest absolute Gasteiger partial charge is 0.443 e. The minimum absolute atomic E-state index is 0.371. The summed E-state index contributed by atoms with van der Waals surface area (Å²) in [7, 11) is 2.24. The summed E-state index contributed by atoms with van der Waals surface area (Å²) >= 11 is 0. The minimum atomic E-state index is -0.428. The van der Waals surface area contributed by atoms with Crippen molar-refractivity contribution < 1.29 is 9.53 Å². The molecule has 1 fully saturated rings. The highest BCUT2D eigenvalue weighted by atomic mass is 16.6. The van der Waals surface area contributed by atoms with Crippen LogP contribution in [-0.4, -0.2) is 54.7 Å². The van der Waals surface area contributed by atoms with Crippen LogP contribution in [0.3, 0.4) is 0 Å². The number of piperidine rings is 1. The molecule has 1 aliphatic heterocycles. The van der Waals surface area contributed by atoms with E-state index in [-0.39, 0.29) is 6.09 Å². The first-order valence-corrected chi connectivity index (χ1v) is 16.5. The van der Waals surface area contributed by atoms with Crippen LogP contribution in [0.25, 0.3) is 21.9 Å². The summed E-state index contributed by atoms with van der Waals surface area (Å²) in [5.74, 6) is 0. The fourth-order valence-electron chi connectivity index (χ4n) is 6.40. The van der Waals surface area contributed by atoms with Crippen molar-refractivity contribution in [2.75, 3.05) is 38.5 Å². The van der Waals surface area contributed by atoms with Gasteiger partial charge in [0.1, 0.15) is 5.60 Å². The van der Waals surface area contributed by atoms with Gasteiger partial charge < -0.3 is 14.5 Å². The number of rotatable bonds is 14. The van der Waals surface area contributed by atoms with Crippen molar-refractivity contribution in [3.63, 3.8) is 0 Å². The smallest absolute Gasteiger partial charge is 0.412 e. The monoisotopic (exact) mass is 591 g/mol. The molecule has 232 valence electrons. The average molecular weight is 592 g/mol. The molecule has 5 rings (SSSR count). The van der Waals surface area contributed by atoms with Crippen LogP contribution in [0, 0.1) is 0 Å². The lowest BCUT2D eigenvalue weighted by Crippen LogP contribution is -2.46. The molecule has 0 bridgehead atoms. The van der Waals surface area contributed by atoms with E-state index in [1.165, 1.54) is 54.9 Å². The number of hydrogen-bond donors (Lipinski definition) is 1. The lowest BCUT2D eigenvalue weighted by molar-refractivity contribution is -0.0163. The van der Waals surface area contributed by atoms with Crippen LogP contribution in [0.2, 0.25) is 0 Å². The number of unbranched alkanes of at least 4 members (excludes halogenated alkanes) is 5. The van der Waals surface area contributed by atoms with Gasteiger partial charge in [-0.15, -0.1) is 0 Å². The normalized spacial score (nSPS) is 15.0. The molecule has 5 heteroatoms. The quantitative estimate of drug-likeness (QED) is 0.148. The molecule has 0 spiro atoms. The van der Waals surface area contributed by atoms with Crippen molar-refractivity contribution in [3.05, 3.63) is 103 Å². The Morgan fingerprint density at radius 2 is 1.45 bits per heavy atom. The number of fused-ring (bicyclic) bond motifs is 1. The summed E-state index contributed by atoms with van der Waals surface area (Å²) < 4.78 is 5.99. The maximum Gasteiger partial charge on any atom is 0.412 e. The Labute approximate surface area is 264 Å². The van der Waals surface area contributed by atoms with E-state index in [1.54, 1.807) is 0 Å². The number of para-hydroxylation sites is 1. The number of carbonyl (C=O) groups is 1. The number of benzene rings is 4. The summed E-state index contributed by atoms with van der Waals surface area (Å²) in [4.78, 5) is 17.9. The van der Waals surface area contributed by atoms with Gasteiger partial charge in [0.25, 0.3) is 0 Å². The molecular formula is C39H49N3O2. The van der Waals surface area contributed by atoms with Crippen LogP contribution < -0.4 is 5.32 Å². The molecule has 1 heterocycles. The summed E-state index contributed by atoms with van der Waals surface area (Å²) in [6.45, 7) is 7.33. The van der Waals surface area contributed by atoms with Gasteiger partial charge >= 0.3 is 6.09 Å². The molecule has 44 heavy (non-hydrogen) atoms. The molecule has 0 atom stereocenters. The number of likely N-dealkylation sites (tertiary alicyclic amines) is 1. The first-order valence-electron chi connectivity index (χ1n) is 16.5. The van der Waals surface area contributed by atoms with Gasteiger partial charge in [-0.25, -0.2) is 4.79 Å². The van der Waals surface area contributed by atoms with Crippen LogP contribution in [0.15, 0.2) is 97.1 Å². The van der Waals surface area contributed by atoms with Gasteiger partial charge in [-0.05, 0) is 80.7 Å². The first-order chi connectivity index (χ1) is 21.5. The van der Waals surface area contributed by atoms with Gasteiger partial charge in [-0.3, -0.25) is 5.32 Å². The van der Waals surface area contributed by atoms with Crippen molar-refractivity contribution in [3.8, 4) is 11.1 Å². The Bertz CT molecular complexity index is 1460. The van der Waals surface area contributed by atoms with Crippen molar-refractivity contribution in [2.45, 2.75) is 70.4 Å². The third-order valence-electron chi connectivity index (χ3n) is 9.09. The van der Waals surface area contributed by atoms with Gasteiger partial charge in [0.05, 0.1) is 5.69 Å². The van der Waals surface area contributed by atoms with Crippen LogP contribution >= 0.6 is 0 Å². The summed E-state index contributed by atoms with van der Waals surface area (Å²) in [5.41, 5.74) is 3.83. The van der Waals surface area contributed by atoms with Crippen LogP contribution in [-0.2, 0) is 11.3 Å². The van der Waals surface area contributed by atoms with Gasteiger partial charge in [-0.1, -0.05) is 117 Å². The molecule has 1 N–H and O–H groups in total. The Hall–Kier alpha value is -3.67. The van der Waals surface area contributed by atoms with E-state index in [0.29, 0.717) is 0 Å². The molecule has 1 saturated heterocycles. The molecule has 0 unspecified atom stereocenters. The third-order valence-corrected chi connectivity index (χ3v) is 9.09. The van der Waals surface area contributed by atoms with Crippen molar-refractivity contribution in [1.82, 2.24) is 9.80 Å². The van der Waals surface area contributed by atoms with E-state index in [4.69, 9.17) is 4.74 Å². The minimum Gasteiger partial charge on any atom is -0.443 e. The van der Waals surface area contributed by atoms with Gasteiger partial charge in [0.2, 0.25) is 0 Å². The van der Waals surface area contributed by atoms with Crippen molar-refractivity contribution >= 4 is 22.6 Å². The lowest BCUT2D eigenvalue weighted by Gasteiger charge is -2.38. The number of nitrogens with zero attached hydrogens (tertiary/aromatic N) is 2. The highest BCUT2D eigenvalue weighted by Gasteiger charge is 2.33. The van der Waals surface area contributed by atoms with Crippen molar-refractivity contribution in [1.29, 1.82) is 0 Å². The number of carbonyl (C=O) groups excluding carboxylic acids is 1. The molecule has 0 saturated carbocycles. The Kier molecular flexibility index (Phi) is 11.5. The van der Waals surface area contributed by atoms with E-state index in [1.807, 2.05) is 42.5 Å². The molecular weight excluding hydrogens is 542 g/mol. The molecule has 0 aliphatic carbocycles. The number of hydrogen-bond acceptors (Lipinski definition) is 4. The van der Waals surface area contributed by atoms with Gasteiger partial charge in [-0.2, -0.15) is 0 Å². The second kappa shape index (κ2) is 15.9. The standard InChI is InChI=1S/C39H49N3O2/c1-39(44-38(43)40-37-24-13-12-23-36(37)33-17-8-7-9-18-33)25-29-42(30-26-39)28-15-6-4-3-5-14-27-41(2)31-34-21-16-20-32-19-10-11-22-35(32)34/h7-13,16-24H,3-6,14-15,25-31H2,1-2H3,(H,40,43). The summed E-state index contributed by atoms with van der Waals surface area (Å²) in [5, 5.41) is 5.70. The topological polar surface area (TPSA) is 44.8 Å². The lowest BCUT2D eigenvalue weighted by atomic mass is 9.93. The molecule has 5 nitrogen and oxygen atoms in total. The SMILES string of the molecule is CN(CCCCCCCCN1CCC(C)(OC(=O)Nc2ccccc2-c2ccccc2)CC1)Cc1cccc2ccccc12. The molecule has 4 aromatic carbocycles. The molecule has 0 radical (unpaired) electrons. The predicted octanol–water partition coefficient (Wildman–Crippen LogP) is 9.38. The Morgan fingerprint density at radius 3 is 2.27 bits per heavy atom. The van der Waals surface area contributed by atoms with E-state index >= 15 is 0 Å². The number of ether oxygens (including phenoxy) is 1. The predicted molar refractivity (Wildman–Crippen MR) is 184 cm³/mol. The Morgan fingerprint density at radius 1 is 0.795 bits per heavy atom. The number of anilines is 1. The van der Waals surface area contributed by atoms with E-state index in [9.17, 15) is 4.79 Å². The molecule has 1 aliphatic rings. The maximum absolute atomic E-state index is 12.9. The van der Waals surface area contributed by atoms with E-state index in [2.05, 4.69) is 83.7 Å². The van der Waals surface area contributed by atoms with Crippen LogP contribution in [0.5, 0.6) is 0 Å².